The molecule has 0 saturated carbocycles. The van der Waals surface area contributed by atoms with Crippen molar-refractivity contribution in [3.63, 3.8) is 0 Å². The van der Waals surface area contributed by atoms with E-state index in [1.54, 1.807) is 0 Å². The molecule has 0 heterocycles. The number of allylic oxidation sites excluding steroid dienone is 6. The molecule has 0 fully saturated rings. The molecule has 0 aliphatic heterocycles. The number of carbonyl (C=O) groups excluding carboxylic acids is 1. The summed E-state index contributed by atoms with van der Waals surface area (Å²) in [6.07, 6.45) is 34.9. The van der Waals surface area contributed by atoms with Gasteiger partial charge in [-0.1, -0.05) is 108 Å². The Hall–Kier alpha value is -1.84. The number of hydrogen-bond acceptors (Lipinski definition) is 3. The molecule has 0 saturated heterocycles. The summed E-state index contributed by atoms with van der Waals surface area (Å²) in [6, 6.07) is 0. The minimum absolute atomic E-state index is 0.0203. The van der Waals surface area contributed by atoms with E-state index in [-0.39, 0.29) is 18.5 Å². The summed E-state index contributed by atoms with van der Waals surface area (Å²) < 4.78 is 5.78. The summed E-state index contributed by atoms with van der Waals surface area (Å²) in [5, 5.41) is 8.65. The molecule has 1 unspecified atom stereocenters. The van der Waals surface area contributed by atoms with Crippen LogP contribution >= 0.6 is 0 Å². The summed E-state index contributed by atoms with van der Waals surface area (Å²) in [5.41, 5.74) is 0. The molecule has 0 aliphatic rings. The maximum atomic E-state index is 12.3. The summed E-state index contributed by atoms with van der Waals surface area (Å²) in [6.45, 7) is 4.31. The number of carboxylic acid groups (broad SMARTS) is 1. The van der Waals surface area contributed by atoms with Crippen LogP contribution in [0.3, 0.4) is 0 Å². The maximum absolute atomic E-state index is 12.3. The van der Waals surface area contributed by atoms with Crippen molar-refractivity contribution in [3.8, 4) is 0 Å². The van der Waals surface area contributed by atoms with Gasteiger partial charge in [0.25, 0.3) is 0 Å². The van der Waals surface area contributed by atoms with Crippen LogP contribution in [-0.2, 0) is 14.3 Å². The number of hydrogen-bond donors (Lipinski definition) is 1. The minimum atomic E-state index is -0.694. The van der Waals surface area contributed by atoms with Gasteiger partial charge in [0, 0.05) is 12.8 Å². The lowest BCUT2D eigenvalue weighted by molar-refractivity contribution is -0.150. The molecule has 1 atom stereocenters. The first-order valence-corrected chi connectivity index (χ1v) is 15.0. The first-order chi connectivity index (χ1) is 17.6. The molecule has 0 aliphatic carbocycles. The Morgan fingerprint density at radius 2 is 1.17 bits per heavy atom. The third-order valence-corrected chi connectivity index (χ3v) is 6.36. The lowest BCUT2D eigenvalue weighted by Gasteiger charge is -2.17. The first-order valence-electron chi connectivity index (χ1n) is 15.0. The number of carboxylic acids is 1. The fourth-order valence-corrected chi connectivity index (χ4v) is 4.25. The Labute approximate surface area is 222 Å². The van der Waals surface area contributed by atoms with Crippen LogP contribution in [0, 0.1) is 0 Å². The molecule has 36 heavy (non-hydrogen) atoms. The predicted octanol–water partition coefficient (Wildman–Crippen LogP) is 9.88. The molecule has 0 radical (unpaired) electrons. The normalized spacial score (nSPS) is 12.7. The van der Waals surface area contributed by atoms with Crippen LogP contribution in [-0.4, -0.2) is 23.1 Å². The van der Waals surface area contributed by atoms with Crippen molar-refractivity contribution >= 4 is 11.9 Å². The van der Waals surface area contributed by atoms with Gasteiger partial charge in [-0.25, -0.2) is 0 Å². The van der Waals surface area contributed by atoms with Crippen molar-refractivity contribution in [2.75, 3.05) is 0 Å². The number of aliphatic carboxylic acids is 1. The second-order valence-electron chi connectivity index (χ2n) is 9.91. The Kier molecular flexibility index (Phi) is 26.3. The highest BCUT2D eigenvalue weighted by Gasteiger charge is 2.13. The summed E-state index contributed by atoms with van der Waals surface area (Å²) in [5.74, 6) is -0.714. The van der Waals surface area contributed by atoms with E-state index in [1.165, 1.54) is 38.5 Å². The monoisotopic (exact) mass is 504 g/mol. The van der Waals surface area contributed by atoms with E-state index in [0.717, 1.165) is 83.5 Å². The van der Waals surface area contributed by atoms with Crippen molar-refractivity contribution in [2.24, 2.45) is 0 Å². The van der Waals surface area contributed by atoms with Crippen LogP contribution in [0.15, 0.2) is 36.5 Å². The third kappa shape index (κ3) is 26.8. The SMILES string of the molecule is CC/C=C\C/C=C\C/C=C\CCCCCCCC(=O)OC(CCC)CCCCCCCCCC(=O)O. The van der Waals surface area contributed by atoms with Gasteiger partial charge in [-0.2, -0.15) is 0 Å². The van der Waals surface area contributed by atoms with Crippen molar-refractivity contribution in [2.45, 2.75) is 155 Å². The van der Waals surface area contributed by atoms with Gasteiger partial charge >= 0.3 is 11.9 Å². The minimum Gasteiger partial charge on any atom is -0.481 e. The van der Waals surface area contributed by atoms with Crippen molar-refractivity contribution < 1.29 is 19.4 Å². The molecule has 0 aromatic heterocycles. The van der Waals surface area contributed by atoms with Crippen molar-refractivity contribution in [1.29, 1.82) is 0 Å². The molecule has 4 heteroatoms. The van der Waals surface area contributed by atoms with Gasteiger partial charge < -0.3 is 9.84 Å². The van der Waals surface area contributed by atoms with E-state index in [4.69, 9.17) is 9.84 Å². The van der Waals surface area contributed by atoms with Gasteiger partial charge in [0.1, 0.15) is 6.10 Å². The molecule has 4 nitrogen and oxygen atoms in total. The molecule has 0 bridgehead atoms. The highest BCUT2D eigenvalue weighted by atomic mass is 16.5. The number of ether oxygens (including phenoxy) is 1. The topological polar surface area (TPSA) is 63.6 Å². The standard InChI is InChI=1S/C32H56O4/c1-3-5-6-7-8-9-10-11-12-13-14-15-19-22-25-29-32(35)36-30(26-4-2)27-23-20-17-16-18-21-24-28-31(33)34/h5-6,8-9,11-12,30H,3-4,7,10,13-29H2,1-2H3,(H,33,34)/b6-5-,9-8-,12-11-. The number of carbonyl (C=O) groups is 2. The fraction of sp³-hybridized carbons (Fsp3) is 0.750. The summed E-state index contributed by atoms with van der Waals surface area (Å²) in [4.78, 5) is 22.8. The molecule has 0 aromatic rings. The second kappa shape index (κ2) is 27.7. The number of unbranched alkanes of at least 4 members (excludes halogenated alkanes) is 11. The van der Waals surface area contributed by atoms with Gasteiger partial charge in [-0.05, 0) is 64.2 Å². The first kappa shape index (κ1) is 34.2. The zero-order valence-electron chi connectivity index (χ0n) is 23.6. The van der Waals surface area contributed by atoms with Crippen molar-refractivity contribution in [3.05, 3.63) is 36.5 Å². The van der Waals surface area contributed by atoms with Crippen LogP contribution in [0.25, 0.3) is 0 Å². The zero-order chi connectivity index (χ0) is 26.5. The molecular formula is C32H56O4. The molecule has 0 spiro atoms. The zero-order valence-corrected chi connectivity index (χ0v) is 23.6. The third-order valence-electron chi connectivity index (χ3n) is 6.36. The Morgan fingerprint density at radius 1 is 0.639 bits per heavy atom. The van der Waals surface area contributed by atoms with Crippen LogP contribution in [0.2, 0.25) is 0 Å². The van der Waals surface area contributed by atoms with Gasteiger partial charge in [0.05, 0.1) is 0 Å². The molecule has 0 amide bonds. The van der Waals surface area contributed by atoms with E-state index >= 15 is 0 Å². The summed E-state index contributed by atoms with van der Waals surface area (Å²) in [7, 11) is 0. The quantitative estimate of drug-likeness (QED) is 0.0723. The Morgan fingerprint density at radius 3 is 1.78 bits per heavy atom. The van der Waals surface area contributed by atoms with Gasteiger partial charge in [-0.15, -0.1) is 0 Å². The lowest BCUT2D eigenvalue weighted by Crippen LogP contribution is -2.18. The molecule has 1 N–H and O–H groups in total. The van der Waals surface area contributed by atoms with Crippen LogP contribution in [0.1, 0.15) is 149 Å². The Balaban J connectivity index is 3.65. The second-order valence-corrected chi connectivity index (χ2v) is 9.91. The average molecular weight is 505 g/mol. The molecule has 208 valence electrons. The molecule has 0 aromatic carbocycles. The van der Waals surface area contributed by atoms with Crippen LogP contribution < -0.4 is 0 Å². The van der Waals surface area contributed by atoms with Crippen LogP contribution in [0.4, 0.5) is 0 Å². The van der Waals surface area contributed by atoms with E-state index in [2.05, 4.69) is 50.3 Å². The smallest absolute Gasteiger partial charge is 0.306 e. The Bertz CT molecular complexity index is 591. The highest BCUT2D eigenvalue weighted by Crippen LogP contribution is 2.16. The average Bonchev–Trinajstić information content (AvgIpc) is 2.85. The van der Waals surface area contributed by atoms with Gasteiger partial charge in [0.15, 0.2) is 0 Å². The van der Waals surface area contributed by atoms with E-state index in [0.29, 0.717) is 6.42 Å². The van der Waals surface area contributed by atoms with E-state index < -0.39 is 5.97 Å². The highest BCUT2D eigenvalue weighted by molar-refractivity contribution is 5.69. The largest absolute Gasteiger partial charge is 0.481 e. The predicted molar refractivity (Wildman–Crippen MR) is 153 cm³/mol. The van der Waals surface area contributed by atoms with Crippen LogP contribution in [0.5, 0.6) is 0 Å². The summed E-state index contributed by atoms with van der Waals surface area (Å²) >= 11 is 0. The van der Waals surface area contributed by atoms with Gasteiger partial charge in [0.2, 0.25) is 0 Å². The van der Waals surface area contributed by atoms with Crippen molar-refractivity contribution in [1.82, 2.24) is 0 Å². The van der Waals surface area contributed by atoms with Gasteiger partial charge in [-0.3, -0.25) is 9.59 Å². The number of rotatable bonds is 26. The maximum Gasteiger partial charge on any atom is 0.306 e. The molecular weight excluding hydrogens is 448 g/mol. The lowest BCUT2D eigenvalue weighted by atomic mass is 10.0. The van der Waals surface area contributed by atoms with E-state index in [9.17, 15) is 9.59 Å². The number of esters is 1. The fourth-order valence-electron chi connectivity index (χ4n) is 4.25. The molecule has 0 rings (SSSR count). The van der Waals surface area contributed by atoms with E-state index in [1.807, 2.05) is 0 Å².